The number of carbonyl (C=O) groups is 1. The van der Waals surface area contributed by atoms with Crippen LogP contribution in [-0.2, 0) is 22.8 Å². The SMILES string of the molecule is CO[Si](CCCOC(=O)C=CN)(OC)OC. The summed E-state index contributed by atoms with van der Waals surface area (Å²) in [6, 6.07) is 0.593. The summed E-state index contributed by atoms with van der Waals surface area (Å²) in [6.45, 7) is 0.286. The number of hydrogen-bond acceptors (Lipinski definition) is 6. The fourth-order valence-corrected chi connectivity index (χ4v) is 2.83. The van der Waals surface area contributed by atoms with Gasteiger partial charge in [-0.3, -0.25) is 0 Å². The van der Waals surface area contributed by atoms with E-state index in [9.17, 15) is 4.79 Å². The molecule has 0 aromatic carbocycles. The van der Waals surface area contributed by atoms with Crippen molar-refractivity contribution in [2.75, 3.05) is 27.9 Å². The third-order valence-electron chi connectivity index (χ3n) is 2.04. The van der Waals surface area contributed by atoms with Crippen molar-refractivity contribution in [3.05, 3.63) is 12.3 Å². The Labute approximate surface area is 96.7 Å². The fraction of sp³-hybridized carbons (Fsp3) is 0.667. The normalized spacial score (nSPS) is 11.9. The molecule has 0 rings (SSSR count). The molecule has 94 valence electrons. The monoisotopic (exact) mass is 249 g/mol. The van der Waals surface area contributed by atoms with E-state index in [2.05, 4.69) is 0 Å². The molecule has 0 amide bonds. The van der Waals surface area contributed by atoms with Crippen LogP contribution < -0.4 is 5.73 Å². The van der Waals surface area contributed by atoms with E-state index in [4.69, 9.17) is 23.7 Å². The molecule has 0 saturated carbocycles. The van der Waals surface area contributed by atoms with E-state index < -0.39 is 14.8 Å². The van der Waals surface area contributed by atoms with Crippen molar-refractivity contribution in [2.24, 2.45) is 5.73 Å². The lowest BCUT2D eigenvalue weighted by Crippen LogP contribution is -2.42. The predicted octanol–water partition coefficient (Wildman–Crippen LogP) is 0.270. The summed E-state index contributed by atoms with van der Waals surface area (Å²) in [5.74, 6) is -0.456. The van der Waals surface area contributed by atoms with Crippen LogP contribution in [0.1, 0.15) is 6.42 Å². The molecule has 0 radical (unpaired) electrons. The Hall–Kier alpha value is -0.893. The highest BCUT2D eigenvalue weighted by Crippen LogP contribution is 2.14. The van der Waals surface area contributed by atoms with Crippen LogP contribution in [0.3, 0.4) is 0 Å². The molecule has 0 atom stereocenters. The summed E-state index contributed by atoms with van der Waals surface area (Å²) < 4.78 is 20.5. The maximum Gasteiger partial charge on any atom is 0.500 e. The summed E-state index contributed by atoms with van der Waals surface area (Å²) in [4.78, 5) is 10.9. The topological polar surface area (TPSA) is 80.0 Å². The van der Waals surface area contributed by atoms with Crippen LogP contribution in [0, 0.1) is 0 Å². The van der Waals surface area contributed by atoms with Gasteiger partial charge in [-0.15, -0.1) is 0 Å². The molecular formula is C9H19NO5Si. The van der Waals surface area contributed by atoms with Crippen molar-refractivity contribution in [3.63, 3.8) is 0 Å². The first-order chi connectivity index (χ1) is 7.64. The Morgan fingerprint density at radius 3 is 2.25 bits per heavy atom. The Morgan fingerprint density at radius 2 is 1.81 bits per heavy atom. The van der Waals surface area contributed by atoms with Crippen molar-refractivity contribution in [1.29, 1.82) is 0 Å². The van der Waals surface area contributed by atoms with Crippen LogP contribution in [0.2, 0.25) is 6.04 Å². The van der Waals surface area contributed by atoms with Crippen LogP contribution >= 0.6 is 0 Å². The molecule has 0 unspecified atom stereocenters. The number of esters is 1. The van der Waals surface area contributed by atoms with Gasteiger partial charge < -0.3 is 23.7 Å². The van der Waals surface area contributed by atoms with Gasteiger partial charge in [-0.25, -0.2) is 4.79 Å². The highest BCUT2D eigenvalue weighted by atomic mass is 28.4. The van der Waals surface area contributed by atoms with Crippen molar-refractivity contribution >= 4 is 14.8 Å². The molecule has 0 fully saturated rings. The minimum atomic E-state index is -2.54. The summed E-state index contributed by atoms with van der Waals surface area (Å²) in [6.07, 6.45) is 2.92. The van der Waals surface area contributed by atoms with E-state index in [0.717, 1.165) is 12.3 Å². The predicted molar refractivity (Wildman–Crippen MR) is 60.5 cm³/mol. The second-order valence-electron chi connectivity index (χ2n) is 2.93. The molecule has 7 heteroatoms. The number of hydrogen-bond donors (Lipinski definition) is 1. The summed E-state index contributed by atoms with van der Waals surface area (Å²) in [7, 11) is 2.09. The maximum absolute atomic E-state index is 10.9. The molecular weight excluding hydrogens is 230 g/mol. The van der Waals surface area contributed by atoms with Gasteiger partial charge in [-0.05, 0) is 6.42 Å². The smallest absolute Gasteiger partial charge is 0.462 e. The number of rotatable bonds is 8. The quantitative estimate of drug-likeness (QED) is 0.288. The second-order valence-corrected chi connectivity index (χ2v) is 6.02. The van der Waals surface area contributed by atoms with E-state index in [1.165, 1.54) is 0 Å². The van der Waals surface area contributed by atoms with Gasteiger partial charge in [0.05, 0.1) is 6.61 Å². The molecule has 2 N–H and O–H groups in total. The minimum Gasteiger partial charge on any atom is -0.462 e. The van der Waals surface area contributed by atoms with E-state index >= 15 is 0 Å². The number of nitrogens with two attached hydrogens (primary N) is 1. The first-order valence-electron chi connectivity index (χ1n) is 4.84. The number of ether oxygens (including phenoxy) is 1. The first kappa shape index (κ1) is 15.1. The third-order valence-corrected chi connectivity index (χ3v) is 4.87. The molecule has 0 aliphatic heterocycles. The molecule has 0 aliphatic carbocycles. The van der Waals surface area contributed by atoms with Crippen molar-refractivity contribution in [2.45, 2.75) is 12.5 Å². The Morgan fingerprint density at radius 1 is 1.25 bits per heavy atom. The van der Waals surface area contributed by atoms with Gasteiger partial charge in [0.25, 0.3) is 0 Å². The van der Waals surface area contributed by atoms with Gasteiger partial charge in [0, 0.05) is 39.6 Å². The van der Waals surface area contributed by atoms with Gasteiger partial charge in [-0.2, -0.15) is 0 Å². The zero-order valence-electron chi connectivity index (χ0n) is 9.89. The van der Waals surface area contributed by atoms with Gasteiger partial charge in [0.1, 0.15) is 0 Å². The maximum atomic E-state index is 10.9. The third kappa shape index (κ3) is 5.26. The lowest BCUT2D eigenvalue weighted by atomic mass is 10.5. The van der Waals surface area contributed by atoms with Crippen LogP contribution in [0.4, 0.5) is 0 Å². The Balaban J connectivity index is 3.83. The van der Waals surface area contributed by atoms with Crippen LogP contribution in [0.5, 0.6) is 0 Å². The molecule has 6 nitrogen and oxygen atoms in total. The lowest BCUT2D eigenvalue weighted by molar-refractivity contribution is -0.137. The fourth-order valence-electron chi connectivity index (χ4n) is 1.14. The summed E-state index contributed by atoms with van der Waals surface area (Å²) >= 11 is 0. The Bertz CT molecular complexity index is 222. The van der Waals surface area contributed by atoms with Gasteiger partial charge in [-0.1, -0.05) is 0 Å². The number of carbonyl (C=O) groups excluding carboxylic acids is 1. The highest BCUT2D eigenvalue weighted by Gasteiger charge is 2.36. The summed E-state index contributed by atoms with van der Waals surface area (Å²) in [5.41, 5.74) is 5.03. The molecule has 0 aliphatic rings. The standard InChI is InChI=1S/C9H19NO5Si/c1-12-16(13-2,14-3)8-4-7-15-9(11)5-6-10/h5-6H,4,7-8,10H2,1-3H3. The van der Waals surface area contributed by atoms with E-state index in [1.54, 1.807) is 21.3 Å². The van der Waals surface area contributed by atoms with Crippen LogP contribution in [0.15, 0.2) is 12.3 Å². The van der Waals surface area contributed by atoms with E-state index in [0.29, 0.717) is 12.5 Å². The zero-order chi connectivity index (χ0) is 12.4. The molecule has 0 aromatic rings. The molecule has 0 spiro atoms. The molecule has 0 aromatic heterocycles. The first-order valence-corrected chi connectivity index (χ1v) is 6.77. The molecule has 16 heavy (non-hydrogen) atoms. The second kappa shape index (κ2) is 8.28. The van der Waals surface area contributed by atoms with Gasteiger partial charge in [0.15, 0.2) is 0 Å². The van der Waals surface area contributed by atoms with Crippen LogP contribution in [0.25, 0.3) is 0 Å². The Kier molecular flexibility index (Phi) is 7.82. The average Bonchev–Trinajstić information content (AvgIpc) is 2.31. The van der Waals surface area contributed by atoms with Crippen molar-refractivity contribution < 1.29 is 22.8 Å². The van der Waals surface area contributed by atoms with Gasteiger partial charge >= 0.3 is 14.8 Å². The molecule has 0 bridgehead atoms. The lowest BCUT2D eigenvalue weighted by Gasteiger charge is -2.23. The van der Waals surface area contributed by atoms with Crippen LogP contribution in [-0.4, -0.2) is 42.7 Å². The minimum absolute atomic E-state index is 0.286. The van der Waals surface area contributed by atoms with Crippen molar-refractivity contribution in [1.82, 2.24) is 0 Å². The summed E-state index contributed by atoms with van der Waals surface area (Å²) in [5, 5.41) is 0. The average molecular weight is 249 g/mol. The zero-order valence-corrected chi connectivity index (χ0v) is 10.9. The van der Waals surface area contributed by atoms with Crippen molar-refractivity contribution in [3.8, 4) is 0 Å². The van der Waals surface area contributed by atoms with Gasteiger partial charge in [0.2, 0.25) is 0 Å². The molecule has 0 saturated heterocycles. The van der Waals surface area contributed by atoms with E-state index in [1.807, 2.05) is 0 Å². The molecule has 0 heterocycles. The van der Waals surface area contributed by atoms with E-state index in [-0.39, 0.29) is 6.61 Å². The largest absolute Gasteiger partial charge is 0.500 e. The highest BCUT2D eigenvalue weighted by molar-refractivity contribution is 6.60.